The molecule has 1 heterocycles. The van der Waals surface area contributed by atoms with Crippen LogP contribution in [0, 0.1) is 0 Å². The maximum atomic E-state index is 6.23. The van der Waals surface area contributed by atoms with Gasteiger partial charge in [0.2, 0.25) is 0 Å². The molecule has 21 heavy (non-hydrogen) atoms. The number of rotatable bonds is 4. The van der Waals surface area contributed by atoms with E-state index in [2.05, 4.69) is 45.1 Å². The Hall–Kier alpha value is -1.39. The lowest BCUT2D eigenvalue weighted by molar-refractivity contribution is 0.420. The number of hydrogen-bond acceptors (Lipinski definition) is 3. The molecule has 1 aromatic heterocycles. The van der Waals surface area contributed by atoms with Crippen LogP contribution >= 0.6 is 27.5 Å². The Morgan fingerprint density at radius 3 is 2.76 bits per heavy atom. The molecule has 0 fully saturated rings. The normalized spacial score (nSPS) is 12.7. The molecule has 0 aliphatic heterocycles. The molecular weight excluding hydrogens is 352 g/mol. The van der Waals surface area contributed by atoms with Crippen LogP contribution in [0.2, 0.25) is 0 Å². The molecule has 0 aliphatic carbocycles. The summed E-state index contributed by atoms with van der Waals surface area (Å²) in [7, 11) is 0. The minimum atomic E-state index is -0.191. The monoisotopic (exact) mass is 364 g/mol. The van der Waals surface area contributed by atoms with Crippen molar-refractivity contribution in [2.24, 2.45) is 0 Å². The topological polar surface area (TPSA) is 38.9 Å². The summed E-state index contributed by atoms with van der Waals surface area (Å²) < 4.78 is 6.40. The summed E-state index contributed by atoms with van der Waals surface area (Å²) in [5, 5.41) is 6.08. The second-order valence-electron chi connectivity index (χ2n) is 4.92. The molecule has 3 nitrogen and oxygen atoms in total. The van der Waals surface area contributed by atoms with E-state index in [4.69, 9.17) is 16.1 Å². The average molecular weight is 366 g/mol. The van der Waals surface area contributed by atoms with Crippen molar-refractivity contribution in [3.63, 3.8) is 0 Å². The maximum absolute atomic E-state index is 6.23. The molecule has 0 saturated heterocycles. The van der Waals surface area contributed by atoms with Gasteiger partial charge in [0.1, 0.15) is 0 Å². The van der Waals surface area contributed by atoms with Crippen LogP contribution < -0.4 is 0 Å². The van der Waals surface area contributed by atoms with Crippen LogP contribution in [-0.4, -0.2) is 10.1 Å². The molecule has 1 unspecified atom stereocenters. The van der Waals surface area contributed by atoms with Gasteiger partial charge in [0, 0.05) is 10.0 Å². The Bertz CT molecular complexity index is 772. The largest absolute Gasteiger partial charge is 0.334 e. The lowest BCUT2D eigenvalue weighted by Gasteiger charge is -2.01. The number of hydrogen-bond donors (Lipinski definition) is 0. The summed E-state index contributed by atoms with van der Waals surface area (Å²) >= 11 is 9.70. The van der Waals surface area contributed by atoms with Gasteiger partial charge in [-0.25, -0.2) is 0 Å². The lowest BCUT2D eigenvalue weighted by atomic mass is 10.1. The van der Waals surface area contributed by atoms with Crippen molar-refractivity contribution in [3.8, 4) is 11.5 Å². The lowest BCUT2D eigenvalue weighted by Crippen LogP contribution is -1.92. The fraction of sp³-hybridized carbons (Fsp3) is 0.250. The van der Waals surface area contributed by atoms with Gasteiger partial charge >= 0.3 is 0 Å². The number of fused-ring (bicyclic) bond motifs is 1. The van der Waals surface area contributed by atoms with Crippen LogP contribution in [0.4, 0.5) is 0 Å². The quantitative estimate of drug-likeness (QED) is 0.554. The van der Waals surface area contributed by atoms with Gasteiger partial charge in [-0.3, -0.25) is 0 Å². The van der Waals surface area contributed by atoms with E-state index in [0.29, 0.717) is 11.7 Å². The predicted octanol–water partition coefficient (Wildman–Crippen LogP) is 5.73. The van der Waals surface area contributed by atoms with Crippen LogP contribution in [-0.2, 0) is 0 Å². The molecule has 0 amide bonds. The summed E-state index contributed by atoms with van der Waals surface area (Å²) in [5.41, 5.74) is 0.906. The molecule has 0 radical (unpaired) electrons. The van der Waals surface area contributed by atoms with Crippen molar-refractivity contribution < 1.29 is 4.52 Å². The van der Waals surface area contributed by atoms with Crippen molar-refractivity contribution in [2.45, 2.75) is 25.1 Å². The first-order chi connectivity index (χ1) is 10.2. The summed E-state index contributed by atoms with van der Waals surface area (Å²) in [6.45, 7) is 2.08. The van der Waals surface area contributed by atoms with E-state index < -0.39 is 0 Å². The van der Waals surface area contributed by atoms with E-state index >= 15 is 0 Å². The Balaban J connectivity index is 1.95. The average Bonchev–Trinajstić information content (AvgIpc) is 2.97. The number of nitrogens with zero attached hydrogens (tertiary/aromatic N) is 2. The van der Waals surface area contributed by atoms with E-state index in [1.54, 1.807) is 0 Å². The van der Waals surface area contributed by atoms with Gasteiger partial charge < -0.3 is 4.52 Å². The molecular formula is C16H14BrClN2O. The van der Waals surface area contributed by atoms with Crippen molar-refractivity contribution in [3.05, 3.63) is 46.7 Å². The summed E-state index contributed by atoms with van der Waals surface area (Å²) in [6.07, 6.45) is 1.83. The minimum Gasteiger partial charge on any atom is -0.334 e. The summed E-state index contributed by atoms with van der Waals surface area (Å²) in [6, 6.07) is 12.2. The fourth-order valence-electron chi connectivity index (χ4n) is 2.21. The van der Waals surface area contributed by atoms with E-state index in [1.807, 2.05) is 24.3 Å². The Morgan fingerprint density at radius 2 is 1.95 bits per heavy atom. The highest BCUT2D eigenvalue weighted by atomic mass is 79.9. The molecule has 2 aromatic carbocycles. The van der Waals surface area contributed by atoms with Crippen LogP contribution in [0.15, 0.2) is 45.4 Å². The smallest absolute Gasteiger partial charge is 0.257 e. The van der Waals surface area contributed by atoms with Crippen molar-refractivity contribution >= 4 is 38.3 Å². The van der Waals surface area contributed by atoms with Gasteiger partial charge in [-0.1, -0.05) is 46.6 Å². The Labute approximate surface area is 136 Å². The zero-order valence-corrected chi connectivity index (χ0v) is 13.9. The van der Waals surface area contributed by atoms with E-state index in [1.165, 1.54) is 0 Å². The van der Waals surface area contributed by atoms with Crippen molar-refractivity contribution in [2.75, 3.05) is 0 Å². The SMILES string of the molecule is CCCC(Cl)c1noc(-c2ccc3cc(Br)ccc3c2)n1. The third-order valence-corrected chi connectivity index (χ3v) is 4.22. The first-order valence-electron chi connectivity index (χ1n) is 6.84. The van der Waals surface area contributed by atoms with Gasteiger partial charge in [0.05, 0.1) is 5.38 Å². The standard InChI is InChI=1S/C16H14BrClN2O/c1-2-3-14(18)15-19-16(21-20-15)12-5-4-11-9-13(17)7-6-10(11)8-12/h4-9,14H,2-3H2,1H3. The Morgan fingerprint density at radius 1 is 1.19 bits per heavy atom. The molecule has 0 bridgehead atoms. The van der Waals surface area contributed by atoms with Gasteiger partial charge in [0.25, 0.3) is 5.89 Å². The highest BCUT2D eigenvalue weighted by Crippen LogP contribution is 2.28. The van der Waals surface area contributed by atoms with Gasteiger partial charge in [-0.15, -0.1) is 11.6 Å². The molecule has 0 saturated carbocycles. The third kappa shape index (κ3) is 3.11. The molecule has 3 aromatic rings. The number of aromatic nitrogens is 2. The maximum Gasteiger partial charge on any atom is 0.257 e. The fourth-order valence-corrected chi connectivity index (χ4v) is 2.90. The first kappa shape index (κ1) is 14.5. The van der Waals surface area contributed by atoms with Gasteiger partial charge in [0.15, 0.2) is 5.82 Å². The predicted molar refractivity (Wildman–Crippen MR) is 88.4 cm³/mol. The number of halogens is 2. The van der Waals surface area contributed by atoms with Crippen LogP contribution in [0.3, 0.4) is 0 Å². The second kappa shape index (κ2) is 6.16. The molecule has 1 atom stereocenters. The highest BCUT2D eigenvalue weighted by molar-refractivity contribution is 9.10. The van der Waals surface area contributed by atoms with E-state index in [9.17, 15) is 0 Å². The van der Waals surface area contributed by atoms with Crippen molar-refractivity contribution in [1.29, 1.82) is 0 Å². The summed E-state index contributed by atoms with van der Waals surface area (Å²) in [5.74, 6) is 1.07. The summed E-state index contributed by atoms with van der Waals surface area (Å²) in [4.78, 5) is 4.40. The minimum absolute atomic E-state index is 0.191. The van der Waals surface area contributed by atoms with Gasteiger partial charge in [-0.05, 0) is 41.5 Å². The first-order valence-corrected chi connectivity index (χ1v) is 8.07. The van der Waals surface area contributed by atoms with E-state index in [0.717, 1.165) is 33.7 Å². The zero-order valence-electron chi connectivity index (χ0n) is 11.5. The molecule has 3 rings (SSSR count). The van der Waals surface area contributed by atoms with E-state index in [-0.39, 0.29) is 5.38 Å². The molecule has 0 aliphatic rings. The molecule has 0 N–H and O–H groups in total. The zero-order chi connectivity index (χ0) is 14.8. The second-order valence-corrected chi connectivity index (χ2v) is 6.36. The van der Waals surface area contributed by atoms with Crippen molar-refractivity contribution in [1.82, 2.24) is 10.1 Å². The molecule has 108 valence electrons. The molecule has 5 heteroatoms. The number of alkyl halides is 1. The Kier molecular flexibility index (Phi) is 4.27. The third-order valence-electron chi connectivity index (χ3n) is 3.31. The molecule has 0 spiro atoms. The van der Waals surface area contributed by atoms with Crippen LogP contribution in [0.5, 0.6) is 0 Å². The van der Waals surface area contributed by atoms with Crippen LogP contribution in [0.1, 0.15) is 31.0 Å². The van der Waals surface area contributed by atoms with Crippen LogP contribution in [0.25, 0.3) is 22.2 Å². The highest BCUT2D eigenvalue weighted by Gasteiger charge is 2.16. The number of benzene rings is 2. The van der Waals surface area contributed by atoms with Gasteiger partial charge in [-0.2, -0.15) is 4.98 Å².